The fraction of sp³-hybridized carbons (Fsp3) is 0.643. The molecule has 106 valence electrons. The van der Waals surface area contributed by atoms with Gasteiger partial charge in [-0.25, -0.2) is 0 Å². The van der Waals surface area contributed by atoms with Gasteiger partial charge in [0.25, 0.3) is 0 Å². The van der Waals surface area contributed by atoms with Crippen LogP contribution in [0.1, 0.15) is 38.6 Å². The molecule has 1 unspecified atom stereocenters. The molecular weight excluding hydrogens is 260 g/mol. The summed E-state index contributed by atoms with van der Waals surface area (Å²) >= 11 is 1.52. The van der Waals surface area contributed by atoms with Gasteiger partial charge in [-0.2, -0.15) is 0 Å². The van der Waals surface area contributed by atoms with Crippen LogP contribution in [-0.2, 0) is 9.53 Å². The lowest BCUT2D eigenvalue weighted by Gasteiger charge is -2.47. The molecule has 0 radical (unpaired) electrons. The Hall–Kier alpha value is -0.910. The minimum Gasteiger partial charge on any atom is -0.366 e. The topological polar surface area (TPSA) is 55.6 Å². The molecule has 1 aromatic heterocycles. The first-order valence-electron chi connectivity index (χ1n) is 6.48. The lowest BCUT2D eigenvalue weighted by atomic mass is 9.98. The van der Waals surface area contributed by atoms with Crippen LogP contribution in [0.15, 0.2) is 17.5 Å². The summed E-state index contributed by atoms with van der Waals surface area (Å²) in [5.41, 5.74) is 5.39. The highest BCUT2D eigenvalue weighted by Gasteiger charge is 2.41. The maximum absolute atomic E-state index is 12.5. The highest BCUT2D eigenvalue weighted by Crippen LogP contribution is 2.30. The van der Waals surface area contributed by atoms with Gasteiger partial charge in [-0.05, 0) is 39.1 Å². The lowest BCUT2D eigenvalue weighted by Crippen LogP contribution is -2.59. The minimum atomic E-state index is -0.565. The van der Waals surface area contributed by atoms with Gasteiger partial charge in [-0.3, -0.25) is 4.79 Å². The maximum Gasteiger partial charge on any atom is 0.245 e. The molecule has 2 rings (SSSR count). The molecule has 1 amide bonds. The van der Waals surface area contributed by atoms with E-state index in [2.05, 4.69) is 0 Å². The zero-order valence-electron chi connectivity index (χ0n) is 12.0. The van der Waals surface area contributed by atoms with Crippen LogP contribution in [0, 0.1) is 0 Å². The molecule has 4 nitrogen and oxygen atoms in total. The van der Waals surface area contributed by atoms with E-state index in [1.807, 2.05) is 50.1 Å². The van der Waals surface area contributed by atoms with E-state index >= 15 is 0 Å². The Balaban J connectivity index is 2.15. The Kier molecular flexibility index (Phi) is 3.73. The van der Waals surface area contributed by atoms with E-state index in [4.69, 9.17) is 10.5 Å². The molecule has 0 saturated carbocycles. The Morgan fingerprint density at radius 1 is 1.37 bits per heavy atom. The second-order valence-corrected chi connectivity index (χ2v) is 7.29. The first kappa shape index (κ1) is 14.5. The molecule has 0 spiro atoms. The third-order valence-corrected chi connectivity index (χ3v) is 4.08. The van der Waals surface area contributed by atoms with Crippen LogP contribution in [0.4, 0.5) is 0 Å². The zero-order valence-corrected chi connectivity index (χ0v) is 12.8. The number of nitrogens with two attached hydrogens (primary N) is 1. The fourth-order valence-electron chi connectivity index (χ4n) is 2.73. The largest absolute Gasteiger partial charge is 0.366 e. The van der Waals surface area contributed by atoms with Gasteiger partial charge in [-0.15, -0.1) is 11.3 Å². The van der Waals surface area contributed by atoms with Crippen molar-refractivity contribution in [1.29, 1.82) is 0 Å². The molecule has 1 saturated heterocycles. The summed E-state index contributed by atoms with van der Waals surface area (Å²) in [6.45, 7) is 9.17. The average molecular weight is 282 g/mol. The standard InChI is InChI=1S/C14H22N2O2S/c1-13(2)8-16(9-14(3,4)18-13)12(17)11(15)10-6-5-7-19-10/h5-7,11H,8-9,15H2,1-4H3. The van der Waals surface area contributed by atoms with E-state index in [1.165, 1.54) is 11.3 Å². The normalized spacial score (nSPS) is 23.1. The summed E-state index contributed by atoms with van der Waals surface area (Å²) in [5.74, 6) is -0.0214. The summed E-state index contributed by atoms with van der Waals surface area (Å²) in [4.78, 5) is 15.3. The molecule has 1 aromatic rings. The van der Waals surface area contributed by atoms with Gasteiger partial charge >= 0.3 is 0 Å². The van der Waals surface area contributed by atoms with Crippen molar-refractivity contribution >= 4 is 17.2 Å². The molecule has 19 heavy (non-hydrogen) atoms. The van der Waals surface area contributed by atoms with Gasteiger partial charge in [0.05, 0.1) is 11.2 Å². The molecular formula is C14H22N2O2S. The molecule has 2 N–H and O–H groups in total. The number of rotatable bonds is 2. The highest BCUT2D eigenvalue weighted by atomic mass is 32.1. The number of nitrogens with zero attached hydrogens (tertiary/aromatic N) is 1. The predicted molar refractivity (Wildman–Crippen MR) is 77.1 cm³/mol. The van der Waals surface area contributed by atoms with Crippen LogP contribution < -0.4 is 5.73 Å². The van der Waals surface area contributed by atoms with Gasteiger partial charge in [-0.1, -0.05) is 6.07 Å². The van der Waals surface area contributed by atoms with Crippen LogP contribution in [0.5, 0.6) is 0 Å². The van der Waals surface area contributed by atoms with Crippen molar-refractivity contribution in [2.24, 2.45) is 5.73 Å². The first-order valence-corrected chi connectivity index (χ1v) is 7.36. The van der Waals surface area contributed by atoms with Gasteiger partial charge < -0.3 is 15.4 Å². The Bertz CT molecular complexity index is 438. The smallest absolute Gasteiger partial charge is 0.245 e. The molecule has 0 aliphatic carbocycles. The summed E-state index contributed by atoms with van der Waals surface area (Å²) in [7, 11) is 0. The number of thiophene rings is 1. The van der Waals surface area contributed by atoms with E-state index in [9.17, 15) is 4.79 Å². The number of carbonyl (C=O) groups excluding carboxylic acids is 1. The Morgan fingerprint density at radius 3 is 2.42 bits per heavy atom. The second kappa shape index (κ2) is 4.89. The van der Waals surface area contributed by atoms with E-state index in [0.717, 1.165) is 4.88 Å². The summed E-state index contributed by atoms with van der Waals surface area (Å²) in [5, 5.41) is 1.94. The van der Waals surface area contributed by atoms with E-state index in [-0.39, 0.29) is 17.1 Å². The van der Waals surface area contributed by atoms with E-state index < -0.39 is 6.04 Å². The zero-order chi connectivity index (χ0) is 14.3. The second-order valence-electron chi connectivity index (χ2n) is 6.31. The summed E-state index contributed by atoms with van der Waals surface area (Å²) < 4.78 is 5.98. The number of hydrogen-bond donors (Lipinski definition) is 1. The van der Waals surface area contributed by atoms with E-state index in [0.29, 0.717) is 13.1 Å². The van der Waals surface area contributed by atoms with Crippen molar-refractivity contribution in [2.45, 2.75) is 44.9 Å². The Morgan fingerprint density at radius 2 is 1.95 bits per heavy atom. The van der Waals surface area contributed by atoms with Crippen molar-refractivity contribution in [3.63, 3.8) is 0 Å². The highest BCUT2D eigenvalue weighted by molar-refractivity contribution is 7.10. The SMILES string of the molecule is CC1(C)CN(C(=O)C(N)c2cccs2)CC(C)(C)O1. The van der Waals surface area contributed by atoms with Crippen molar-refractivity contribution in [3.05, 3.63) is 22.4 Å². The van der Waals surface area contributed by atoms with Crippen LogP contribution in [0.25, 0.3) is 0 Å². The van der Waals surface area contributed by atoms with Crippen LogP contribution in [-0.4, -0.2) is 35.1 Å². The lowest BCUT2D eigenvalue weighted by molar-refractivity contribution is -0.188. The molecule has 1 atom stereocenters. The fourth-order valence-corrected chi connectivity index (χ4v) is 3.45. The number of ether oxygens (including phenoxy) is 1. The molecule has 2 heterocycles. The minimum absolute atomic E-state index is 0.0214. The maximum atomic E-state index is 12.5. The molecule has 1 aliphatic rings. The number of carbonyl (C=O) groups is 1. The Labute approximate surface area is 118 Å². The number of amides is 1. The van der Waals surface area contributed by atoms with Gasteiger partial charge in [0.2, 0.25) is 5.91 Å². The van der Waals surface area contributed by atoms with Gasteiger partial charge in [0.15, 0.2) is 0 Å². The van der Waals surface area contributed by atoms with Crippen molar-refractivity contribution in [3.8, 4) is 0 Å². The quantitative estimate of drug-likeness (QED) is 0.904. The molecule has 1 aliphatic heterocycles. The third kappa shape index (κ3) is 3.35. The van der Waals surface area contributed by atoms with Crippen molar-refractivity contribution in [2.75, 3.05) is 13.1 Å². The van der Waals surface area contributed by atoms with Crippen LogP contribution in [0.2, 0.25) is 0 Å². The van der Waals surface area contributed by atoms with Crippen LogP contribution in [0.3, 0.4) is 0 Å². The number of morpholine rings is 1. The van der Waals surface area contributed by atoms with Crippen LogP contribution >= 0.6 is 11.3 Å². The van der Waals surface area contributed by atoms with Gasteiger partial charge in [0, 0.05) is 18.0 Å². The van der Waals surface area contributed by atoms with Crippen molar-refractivity contribution < 1.29 is 9.53 Å². The average Bonchev–Trinajstić information content (AvgIpc) is 2.76. The monoisotopic (exact) mass is 282 g/mol. The third-order valence-electron chi connectivity index (χ3n) is 3.12. The molecule has 1 fully saturated rings. The number of hydrogen-bond acceptors (Lipinski definition) is 4. The van der Waals surface area contributed by atoms with Crippen molar-refractivity contribution in [1.82, 2.24) is 4.90 Å². The summed E-state index contributed by atoms with van der Waals surface area (Å²) in [6.07, 6.45) is 0. The van der Waals surface area contributed by atoms with Gasteiger partial charge in [0.1, 0.15) is 6.04 Å². The van der Waals surface area contributed by atoms with E-state index in [1.54, 1.807) is 0 Å². The molecule has 0 aromatic carbocycles. The molecule has 5 heteroatoms. The molecule has 0 bridgehead atoms. The summed E-state index contributed by atoms with van der Waals surface area (Å²) in [6, 6.07) is 3.26. The predicted octanol–water partition coefficient (Wildman–Crippen LogP) is 2.16. The first-order chi connectivity index (χ1) is 8.70.